The standard InChI is InChI=1S/C5H8O2S/c1-4-2-3-6-5(8)7-4/h4H,2-3H2,1H3. The van der Waals surface area contributed by atoms with Gasteiger partial charge in [0.25, 0.3) is 0 Å². The minimum atomic E-state index is 0.247. The van der Waals surface area contributed by atoms with Crippen molar-refractivity contribution in [3.63, 3.8) is 0 Å². The Hall–Kier alpha value is -0.310. The molecular weight excluding hydrogens is 124 g/mol. The van der Waals surface area contributed by atoms with Crippen molar-refractivity contribution in [2.24, 2.45) is 0 Å². The zero-order valence-electron chi connectivity index (χ0n) is 4.72. The average Bonchev–Trinajstić information content (AvgIpc) is 1.64. The van der Waals surface area contributed by atoms with Crippen LogP contribution in [0.2, 0.25) is 0 Å². The fourth-order valence-electron chi connectivity index (χ4n) is 0.565. The lowest BCUT2D eigenvalue weighted by atomic mass is 10.3. The molecule has 3 heteroatoms. The Morgan fingerprint density at radius 3 is 2.88 bits per heavy atom. The SMILES string of the molecule is CC1CCOC(=S)O1. The summed E-state index contributed by atoms with van der Waals surface area (Å²) in [7, 11) is 0. The Morgan fingerprint density at radius 2 is 2.50 bits per heavy atom. The van der Waals surface area contributed by atoms with Gasteiger partial charge in [-0.2, -0.15) is 0 Å². The Bertz CT molecular complexity index is 103. The zero-order chi connectivity index (χ0) is 5.98. The molecule has 1 unspecified atom stereocenters. The largest absolute Gasteiger partial charge is 0.457 e. The molecule has 1 rings (SSSR count). The maximum absolute atomic E-state index is 5.00. The molecule has 8 heavy (non-hydrogen) atoms. The van der Waals surface area contributed by atoms with Gasteiger partial charge in [-0.15, -0.1) is 0 Å². The number of rotatable bonds is 0. The van der Waals surface area contributed by atoms with E-state index in [1.165, 1.54) is 0 Å². The molecule has 0 aromatic heterocycles. The minimum Gasteiger partial charge on any atom is -0.457 e. The first-order valence-corrected chi connectivity index (χ1v) is 3.03. The van der Waals surface area contributed by atoms with Gasteiger partial charge < -0.3 is 9.47 Å². The predicted octanol–water partition coefficient (Wildman–Crippen LogP) is 1.10. The van der Waals surface area contributed by atoms with E-state index in [1.807, 2.05) is 6.92 Å². The first-order valence-electron chi connectivity index (χ1n) is 2.62. The van der Waals surface area contributed by atoms with Crippen molar-refractivity contribution in [2.75, 3.05) is 6.61 Å². The fourth-order valence-corrected chi connectivity index (χ4v) is 0.813. The van der Waals surface area contributed by atoms with E-state index < -0.39 is 0 Å². The molecule has 0 spiro atoms. The Kier molecular flexibility index (Phi) is 1.68. The van der Waals surface area contributed by atoms with Crippen LogP contribution in [0.15, 0.2) is 0 Å². The summed E-state index contributed by atoms with van der Waals surface area (Å²) in [6.45, 7) is 2.69. The highest BCUT2D eigenvalue weighted by atomic mass is 32.1. The zero-order valence-corrected chi connectivity index (χ0v) is 5.53. The molecule has 0 aliphatic carbocycles. The second-order valence-corrected chi connectivity index (χ2v) is 2.15. The Labute approximate surface area is 53.8 Å². The van der Waals surface area contributed by atoms with Gasteiger partial charge >= 0.3 is 5.24 Å². The summed E-state index contributed by atoms with van der Waals surface area (Å²) < 4.78 is 9.85. The van der Waals surface area contributed by atoms with Crippen molar-refractivity contribution < 1.29 is 9.47 Å². The van der Waals surface area contributed by atoms with Crippen LogP contribution in [0.3, 0.4) is 0 Å². The molecular formula is C5H8O2S. The van der Waals surface area contributed by atoms with Gasteiger partial charge in [0.15, 0.2) is 0 Å². The van der Waals surface area contributed by atoms with Crippen molar-refractivity contribution in [1.29, 1.82) is 0 Å². The van der Waals surface area contributed by atoms with Crippen molar-refractivity contribution in [3.05, 3.63) is 0 Å². The highest BCUT2D eigenvalue weighted by molar-refractivity contribution is 7.79. The van der Waals surface area contributed by atoms with E-state index in [2.05, 4.69) is 12.2 Å². The summed E-state index contributed by atoms with van der Waals surface area (Å²) in [5.74, 6) is 0. The van der Waals surface area contributed by atoms with Gasteiger partial charge in [-0.25, -0.2) is 0 Å². The minimum absolute atomic E-state index is 0.247. The lowest BCUT2D eigenvalue weighted by Gasteiger charge is -2.20. The topological polar surface area (TPSA) is 18.5 Å². The van der Waals surface area contributed by atoms with Crippen LogP contribution in [0.25, 0.3) is 0 Å². The van der Waals surface area contributed by atoms with Crippen molar-refractivity contribution in [2.45, 2.75) is 19.4 Å². The summed E-state index contributed by atoms with van der Waals surface area (Å²) in [5, 5.41) is 0.295. The van der Waals surface area contributed by atoms with Crippen LogP contribution >= 0.6 is 12.2 Å². The molecule has 2 nitrogen and oxygen atoms in total. The molecule has 0 aromatic carbocycles. The van der Waals surface area contributed by atoms with E-state index in [-0.39, 0.29) is 6.10 Å². The van der Waals surface area contributed by atoms with Crippen LogP contribution in [-0.4, -0.2) is 17.9 Å². The summed E-state index contributed by atoms with van der Waals surface area (Å²) >= 11 is 4.64. The quantitative estimate of drug-likeness (QED) is 0.460. The summed E-state index contributed by atoms with van der Waals surface area (Å²) in [5.41, 5.74) is 0. The number of ether oxygens (including phenoxy) is 2. The number of thiocarbonyl (C=S) groups is 1. The third-order valence-corrected chi connectivity index (χ3v) is 1.26. The second kappa shape index (κ2) is 2.31. The fraction of sp³-hybridized carbons (Fsp3) is 0.800. The number of hydrogen-bond acceptors (Lipinski definition) is 3. The predicted molar refractivity (Wildman–Crippen MR) is 33.7 cm³/mol. The van der Waals surface area contributed by atoms with Crippen LogP contribution in [0.5, 0.6) is 0 Å². The van der Waals surface area contributed by atoms with E-state index in [9.17, 15) is 0 Å². The Balaban J connectivity index is 2.34. The van der Waals surface area contributed by atoms with E-state index >= 15 is 0 Å². The highest BCUT2D eigenvalue weighted by Crippen LogP contribution is 2.06. The van der Waals surface area contributed by atoms with Gasteiger partial charge in [-0.1, -0.05) is 0 Å². The molecule has 0 amide bonds. The second-order valence-electron chi connectivity index (χ2n) is 1.82. The first-order chi connectivity index (χ1) is 3.79. The van der Waals surface area contributed by atoms with Crippen LogP contribution < -0.4 is 0 Å². The van der Waals surface area contributed by atoms with Crippen LogP contribution in [0.1, 0.15) is 13.3 Å². The maximum Gasteiger partial charge on any atom is 0.352 e. The van der Waals surface area contributed by atoms with Crippen molar-refractivity contribution in [3.8, 4) is 0 Å². The van der Waals surface area contributed by atoms with E-state index in [4.69, 9.17) is 9.47 Å². The first kappa shape index (κ1) is 5.82. The molecule has 0 bridgehead atoms. The summed E-state index contributed by atoms with van der Waals surface area (Å²) in [6, 6.07) is 0. The van der Waals surface area contributed by atoms with Gasteiger partial charge in [0.05, 0.1) is 6.61 Å². The number of hydrogen-bond donors (Lipinski definition) is 0. The van der Waals surface area contributed by atoms with Crippen LogP contribution in [0, 0.1) is 0 Å². The molecule has 1 saturated heterocycles. The van der Waals surface area contributed by atoms with Gasteiger partial charge in [-0.3, -0.25) is 0 Å². The highest BCUT2D eigenvalue weighted by Gasteiger charge is 2.12. The maximum atomic E-state index is 5.00. The Morgan fingerprint density at radius 1 is 1.75 bits per heavy atom. The molecule has 0 radical (unpaired) electrons. The van der Waals surface area contributed by atoms with E-state index in [1.54, 1.807) is 0 Å². The van der Waals surface area contributed by atoms with Gasteiger partial charge in [0, 0.05) is 18.6 Å². The molecule has 1 aliphatic rings. The molecule has 1 fully saturated rings. The molecule has 1 atom stereocenters. The molecule has 1 heterocycles. The van der Waals surface area contributed by atoms with Gasteiger partial charge in [0.1, 0.15) is 6.10 Å². The molecule has 0 N–H and O–H groups in total. The molecule has 0 saturated carbocycles. The third-order valence-electron chi connectivity index (χ3n) is 1.04. The average molecular weight is 132 g/mol. The normalized spacial score (nSPS) is 28.6. The van der Waals surface area contributed by atoms with Crippen molar-refractivity contribution >= 4 is 17.5 Å². The summed E-state index contributed by atoms with van der Waals surface area (Å²) in [6.07, 6.45) is 1.19. The van der Waals surface area contributed by atoms with Crippen LogP contribution in [0.4, 0.5) is 0 Å². The molecule has 1 aliphatic heterocycles. The van der Waals surface area contributed by atoms with E-state index in [0.717, 1.165) is 6.42 Å². The van der Waals surface area contributed by atoms with Crippen molar-refractivity contribution in [1.82, 2.24) is 0 Å². The van der Waals surface area contributed by atoms with Gasteiger partial charge in [-0.05, 0) is 6.92 Å². The third kappa shape index (κ3) is 1.33. The summed E-state index contributed by atoms with van der Waals surface area (Å²) in [4.78, 5) is 0. The molecule has 46 valence electrons. The monoisotopic (exact) mass is 132 g/mol. The lowest BCUT2D eigenvalue weighted by molar-refractivity contribution is 0.0617. The lowest BCUT2D eigenvalue weighted by Crippen LogP contribution is -2.24. The van der Waals surface area contributed by atoms with Crippen LogP contribution in [-0.2, 0) is 9.47 Å². The van der Waals surface area contributed by atoms with Gasteiger partial charge in [0.2, 0.25) is 0 Å². The molecule has 0 aromatic rings. The smallest absolute Gasteiger partial charge is 0.352 e. The van der Waals surface area contributed by atoms with E-state index in [0.29, 0.717) is 11.8 Å².